The average Bonchev–Trinajstić information content (AvgIpc) is 3.20. The van der Waals surface area contributed by atoms with Crippen molar-refractivity contribution in [1.82, 2.24) is 4.90 Å². The molecule has 28 heavy (non-hydrogen) atoms. The molecular formula is C22H24ClN3O2. The SMILES string of the molecule is C[C@H]1C(=O)N(C)Cc2ccccc2N1C(=O)c1ccc(N2CCCC2)cc1Cl. The van der Waals surface area contributed by atoms with Gasteiger partial charge in [0.1, 0.15) is 6.04 Å². The molecule has 2 amide bonds. The maximum atomic E-state index is 13.5. The molecule has 0 aromatic heterocycles. The first-order valence-corrected chi connectivity index (χ1v) is 10.1. The van der Waals surface area contributed by atoms with Crippen LogP contribution in [0, 0.1) is 0 Å². The van der Waals surface area contributed by atoms with Gasteiger partial charge in [0.2, 0.25) is 5.91 Å². The van der Waals surface area contributed by atoms with E-state index in [9.17, 15) is 9.59 Å². The lowest BCUT2D eigenvalue weighted by molar-refractivity contribution is -0.131. The predicted octanol–water partition coefficient (Wildman–Crippen LogP) is 3.95. The van der Waals surface area contributed by atoms with E-state index < -0.39 is 6.04 Å². The molecule has 0 unspecified atom stereocenters. The number of carbonyl (C=O) groups excluding carboxylic acids is 2. The number of carbonyl (C=O) groups is 2. The minimum Gasteiger partial charge on any atom is -0.371 e. The Morgan fingerprint density at radius 2 is 1.82 bits per heavy atom. The summed E-state index contributed by atoms with van der Waals surface area (Å²) in [5, 5.41) is 0.420. The van der Waals surface area contributed by atoms with E-state index in [1.54, 1.807) is 29.8 Å². The number of hydrogen-bond donors (Lipinski definition) is 0. The first kappa shape index (κ1) is 18.8. The lowest BCUT2D eigenvalue weighted by Gasteiger charge is -2.28. The van der Waals surface area contributed by atoms with E-state index in [0.29, 0.717) is 17.1 Å². The first-order chi connectivity index (χ1) is 13.5. The van der Waals surface area contributed by atoms with Gasteiger partial charge in [-0.05, 0) is 49.6 Å². The van der Waals surface area contributed by atoms with Crippen molar-refractivity contribution in [1.29, 1.82) is 0 Å². The summed E-state index contributed by atoms with van der Waals surface area (Å²) in [4.78, 5) is 31.8. The molecule has 2 aromatic carbocycles. The fourth-order valence-electron chi connectivity index (χ4n) is 4.12. The van der Waals surface area contributed by atoms with Crippen LogP contribution in [-0.4, -0.2) is 42.9 Å². The Bertz CT molecular complexity index is 924. The van der Waals surface area contributed by atoms with Gasteiger partial charge in [0.15, 0.2) is 0 Å². The highest BCUT2D eigenvalue weighted by atomic mass is 35.5. The van der Waals surface area contributed by atoms with E-state index in [-0.39, 0.29) is 11.8 Å². The van der Waals surface area contributed by atoms with E-state index in [4.69, 9.17) is 11.6 Å². The molecule has 0 aliphatic carbocycles. The lowest BCUT2D eigenvalue weighted by Crippen LogP contribution is -2.46. The third kappa shape index (κ3) is 3.24. The maximum Gasteiger partial charge on any atom is 0.260 e. The zero-order valence-electron chi connectivity index (χ0n) is 16.2. The molecule has 146 valence electrons. The zero-order valence-corrected chi connectivity index (χ0v) is 16.9. The number of likely N-dealkylation sites (N-methyl/N-ethyl adjacent to an activating group) is 1. The molecular weight excluding hydrogens is 374 g/mol. The van der Waals surface area contributed by atoms with Gasteiger partial charge < -0.3 is 9.80 Å². The van der Waals surface area contributed by atoms with Gasteiger partial charge in [-0.1, -0.05) is 29.8 Å². The summed E-state index contributed by atoms with van der Waals surface area (Å²) < 4.78 is 0. The highest BCUT2D eigenvalue weighted by Crippen LogP contribution is 2.32. The summed E-state index contributed by atoms with van der Waals surface area (Å²) in [5.74, 6) is -0.337. The molecule has 6 heteroatoms. The number of halogens is 1. The summed E-state index contributed by atoms with van der Waals surface area (Å²) in [7, 11) is 1.77. The van der Waals surface area contributed by atoms with Crippen LogP contribution in [0.5, 0.6) is 0 Å². The first-order valence-electron chi connectivity index (χ1n) is 9.68. The maximum absolute atomic E-state index is 13.5. The molecule has 0 spiro atoms. The summed E-state index contributed by atoms with van der Waals surface area (Å²) >= 11 is 6.53. The number of anilines is 2. The van der Waals surface area contributed by atoms with Crippen molar-refractivity contribution >= 4 is 34.8 Å². The van der Waals surface area contributed by atoms with Gasteiger partial charge in [0.05, 0.1) is 10.6 Å². The summed E-state index contributed by atoms with van der Waals surface area (Å²) in [6.07, 6.45) is 2.35. The van der Waals surface area contributed by atoms with E-state index in [0.717, 1.165) is 30.0 Å². The van der Waals surface area contributed by atoms with Crippen LogP contribution in [0.25, 0.3) is 0 Å². The molecule has 1 atom stereocenters. The van der Waals surface area contributed by atoms with Crippen LogP contribution in [0.3, 0.4) is 0 Å². The second kappa shape index (κ2) is 7.47. The highest BCUT2D eigenvalue weighted by Gasteiger charge is 2.35. The number of benzene rings is 2. The van der Waals surface area contributed by atoms with Gasteiger partial charge in [-0.15, -0.1) is 0 Å². The van der Waals surface area contributed by atoms with Gasteiger partial charge in [0.25, 0.3) is 5.91 Å². The minimum absolute atomic E-state index is 0.0886. The van der Waals surface area contributed by atoms with Crippen LogP contribution in [0.2, 0.25) is 5.02 Å². The molecule has 2 aliphatic rings. The van der Waals surface area contributed by atoms with E-state index in [1.165, 1.54) is 12.8 Å². The van der Waals surface area contributed by atoms with Crippen LogP contribution in [0.15, 0.2) is 42.5 Å². The Labute approximate surface area is 170 Å². The Morgan fingerprint density at radius 3 is 2.54 bits per heavy atom. The van der Waals surface area contributed by atoms with Crippen molar-refractivity contribution in [2.45, 2.75) is 32.4 Å². The largest absolute Gasteiger partial charge is 0.371 e. The third-order valence-electron chi connectivity index (χ3n) is 5.65. The fraction of sp³-hybridized carbons (Fsp3) is 0.364. The molecule has 0 saturated carbocycles. The monoisotopic (exact) mass is 397 g/mol. The Balaban J connectivity index is 1.73. The van der Waals surface area contributed by atoms with Crippen molar-refractivity contribution in [3.05, 3.63) is 58.6 Å². The normalized spacial score (nSPS) is 19.6. The minimum atomic E-state index is -0.601. The smallest absolute Gasteiger partial charge is 0.260 e. The van der Waals surface area contributed by atoms with Crippen LogP contribution in [-0.2, 0) is 11.3 Å². The highest BCUT2D eigenvalue weighted by molar-refractivity contribution is 6.35. The van der Waals surface area contributed by atoms with Crippen molar-refractivity contribution < 1.29 is 9.59 Å². The number of rotatable bonds is 2. The summed E-state index contributed by atoms with van der Waals surface area (Å²) in [6.45, 7) is 4.28. The fourth-order valence-corrected chi connectivity index (χ4v) is 4.37. The van der Waals surface area contributed by atoms with E-state index in [2.05, 4.69) is 4.90 Å². The van der Waals surface area contributed by atoms with Crippen molar-refractivity contribution in [3.8, 4) is 0 Å². The quantitative estimate of drug-likeness (QED) is 0.770. The van der Waals surface area contributed by atoms with Crippen molar-refractivity contribution in [2.24, 2.45) is 0 Å². The summed E-state index contributed by atoms with van der Waals surface area (Å²) in [6, 6.07) is 12.7. The average molecular weight is 398 g/mol. The number of fused-ring (bicyclic) bond motifs is 1. The zero-order chi connectivity index (χ0) is 19.8. The molecule has 1 saturated heterocycles. The molecule has 5 nitrogen and oxygen atoms in total. The van der Waals surface area contributed by atoms with Gasteiger partial charge in [-0.25, -0.2) is 0 Å². The van der Waals surface area contributed by atoms with Gasteiger partial charge in [-0.2, -0.15) is 0 Å². The Kier molecular flexibility index (Phi) is 5.02. The second-order valence-corrected chi connectivity index (χ2v) is 7.94. The lowest BCUT2D eigenvalue weighted by atomic mass is 10.1. The second-order valence-electron chi connectivity index (χ2n) is 7.53. The Morgan fingerprint density at radius 1 is 1.11 bits per heavy atom. The molecule has 0 N–H and O–H groups in total. The molecule has 2 aliphatic heterocycles. The number of amides is 2. The number of para-hydroxylation sites is 1. The Hall–Kier alpha value is -2.53. The number of hydrogen-bond acceptors (Lipinski definition) is 3. The van der Waals surface area contributed by atoms with Gasteiger partial charge in [0, 0.05) is 38.1 Å². The van der Waals surface area contributed by atoms with Crippen LogP contribution in [0.1, 0.15) is 35.7 Å². The molecule has 0 radical (unpaired) electrons. The molecule has 2 heterocycles. The summed E-state index contributed by atoms with van der Waals surface area (Å²) in [5.41, 5.74) is 3.17. The van der Waals surface area contributed by atoms with Crippen LogP contribution in [0.4, 0.5) is 11.4 Å². The van der Waals surface area contributed by atoms with E-state index >= 15 is 0 Å². The molecule has 1 fully saturated rings. The van der Waals surface area contributed by atoms with E-state index in [1.807, 2.05) is 36.4 Å². The van der Waals surface area contributed by atoms with Crippen molar-refractivity contribution in [3.63, 3.8) is 0 Å². The number of nitrogens with zero attached hydrogens (tertiary/aromatic N) is 3. The molecule has 0 bridgehead atoms. The predicted molar refractivity (Wildman–Crippen MR) is 112 cm³/mol. The van der Waals surface area contributed by atoms with Crippen molar-refractivity contribution in [2.75, 3.05) is 29.9 Å². The molecule has 2 aromatic rings. The standard InChI is InChI=1S/C22H24ClN3O2/c1-15-21(27)24(2)14-16-7-3-4-8-20(16)26(15)22(28)18-10-9-17(13-19(18)23)25-11-5-6-12-25/h3-4,7-10,13,15H,5-6,11-12,14H2,1-2H3/t15-/m0/s1. The topological polar surface area (TPSA) is 43.9 Å². The third-order valence-corrected chi connectivity index (χ3v) is 5.97. The van der Waals surface area contributed by atoms with Gasteiger partial charge in [-0.3, -0.25) is 14.5 Å². The van der Waals surface area contributed by atoms with Crippen LogP contribution < -0.4 is 9.80 Å². The van der Waals surface area contributed by atoms with Gasteiger partial charge >= 0.3 is 0 Å². The molecule has 4 rings (SSSR count). The van der Waals surface area contributed by atoms with Crippen LogP contribution >= 0.6 is 11.6 Å².